The zero-order valence-electron chi connectivity index (χ0n) is 24.9. The van der Waals surface area contributed by atoms with E-state index in [1.165, 1.54) is 29.3 Å². The molecule has 0 saturated carbocycles. The van der Waals surface area contributed by atoms with Crippen LogP contribution in [0, 0.1) is 5.41 Å². The summed E-state index contributed by atoms with van der Waals surface area (Å²) in [6.07, 6.45) is 5.94. The molecule has 0 atom stereocenters. The normalized spacial score (nSPS) is 10.5. The van der Waals surface area contributed by atoms with Gasteiger partial charge in [-0.25, -0.2) is 4.79 Å². The molecule has 0 unspecified atom stereocenters. The van der Waals surface area contributed by atoms with Crippen molar-refractivity contribution in [1.82, 2.24) is 49.8 Å². The van der Waals surface area contributed by atoms with Gasteiger partial charge in [-0.2, -0.15) is 14.4 Å². The fourth-order valence-corrected chi connectivity index (χ4v) is 3.70. The molecule has 0 radical (unpaired) electrons. The van der Waals surface area contributed by atoms with E-state index in [1.807, 2.05) is 48.5 Å². The third-order valence-electron chi connectivity index (χ3n) is 5.94. The Kier molecular flexibility index (Phi) is 11.8. The SMILES string of the molecule is C.CN(C)C(=N)n1nnc2ccccc21.CN(C)C(=NC(=O)c1cccnc1)n1nnc2ccccc21.O=C(O)c1cccnc1. The number of aromatic carboxylic acids is 1. The number of nitrogens with zero attached hydrogens (tertiary/aromatic N) is 11. The number of pyridine rings is 2. The number of carbonyl (C=O) groups excluding carboxylic acids is 1. The summed E-state index contributed by atoms with van der Waals surface area (Å²) in [4.78, 5) is 37.6. The highest BCUT2D eigenvalue weighted by molar-refractivity contribution is 6.04. The van der Waals surface area contributed by atoms with Crippen molar-refractivity contribution in [2.45, 2.75) is 7.43 Å². The fourth-order valence-electron chi connectivity index (χ4n) is 3.70. The topological polar surface area (TPSA) is 184 Å². The van der Waals surface area contributed by atoms with Crippen LogP contribution >= 0.6 is 0 Å². The van der Waals surface area contributed by atoms with Gasteiger partial charge in [0.2, 0.25) is 11.9 Å². The molecule has 2 aromatic carbocycles. The van der Waals surface area contributed by atoms with Crippen LogP contribution in [0.3, 0.4) is 0 Å². The Morgan fingerprint density at radius 3 is 1.67 bits per heavy atom. The minimum absolute atomic E-state index is 0. The standard InChI is InChI=1S/C15H14N6O.C9H11N5.C6H5NO2.CH4/c1-20(2)15(17-14(22)11-6-5-9-16-10-11)21-13-8-4-3-7-12(13)18-19-21;1-13(2)9(10)14-8-6-4-3-5-7(8)11-12-14;8-6(9)5-2-1-3-7-4-5;/h3-10H,1-2H3;3-6,10H,1-2H3;1-4H,(H,8,9);1H4. The van der Waals surface area contributed by atoms with Crippen LogP contribution in [0.25, 0.3) is 22.1 Å². The lowest BCUT2D eigenvalue weighted by Crippen LogP contribution is -2.31. The fraction of sp³-hybridized carbons (Fsp3) is 0.161. The summed E-state index contributed by atoms with van der Waals surface area (Å²) in [6.45, 7) is 0. The minimum Gasteiger partial charge on any atom is -0.478 e. The molecular weight excluding hydrogens is 588 g/mol. The van der Waals surface area contributed by atoms with Crippen molar-refractivity contribution in [2.75, 3.05) is 28.2 Å². The van der Waals surface area contributed by atoms with Crippen LogP contribution in [0.15, 0.2) is 103 Å². The van der Waals surface area contributed by atoms with Gasteiger partial charge in [0.1, 0.15) is 11.0 Å². The van der Waals surface area contributed by atoms with Gasteiger partial charge >= 0.3 is 5.97 Å². The number of hydrogen-bond acceptors (Lipinski definition) is 9. The molecule has 0 spiro atoms. The van der Waals surface area contributed by atoms with Crippen molar-refractivity contribution in [3.05, 3.63) is 109 Å². The van der Waals surface area contributed by atoms with Crippen molar-refractivity contribution in [1.29, 1.82) is 5.41 Å². The first-order valence-corrected chi connectivity index (χ1v) is 13.4. The van der Waals surface area contributed by atoms with Crippen molar-refractivity contribution >= 4 is 45.9 Å². The number of rotatable bonds is 2. The van der Waals surface area contributed by atoms with E-state index in [-0.39, 0.29) is 18.9 Å². The van der Waals surface area contributed by atoms with Crippen LogP contribution < -0.4 is 0 Å². The van der Waals surface area contributed by atoms with E-state index in [1.54, 1.807) is 67.1 Å². The number of nitrogens with one attached hydrogen (secondary N) is 1. The highest BCUT2D eigenvalue weighted by Gasteiger charge is 2.15. The summed E-state index contributed by atoms with van der Waals surface area (Å²) >= 11 is 0. The largest absolute Gasteiger partial charge is 0.478 e. The van der Waals surface area contributed by atoms with Gasteiger partial charge in [-0.3, -0.25) is 20.2 Å². The van der Waals surface area contributed by atoms with Crippen molar-refractivity contribution in [3.8, 4) is 0 Å². The molecule has 46 heavy (non-hydrogen) atoms. The number of para-hydroxylation sites is 2. The Bertz CT molecular complexity index is 1930. The van der Waals surface area contributed by atoms with Gasteiger partial charge in [-0.15, -0.1) is 10.2 Å². The molecule has 236 valence electrons. The molecule has 0 saturated heterocycles. The number of carbonyl (C=O) groups is 2. The average molecular weight is 623 g/mol. The molecule has 2 N–H and O–H groups in total. The van der Waals surface area contributed by atoms with Gasteiger partial charge in [-0.05, 0) is 48.5 Å². The summed E-state index contributed by atoms with van der Waals surface area (Å²) in [5.41, 5.74) is 3.83. The van der Waals surface area contributed by atoms with Gasteiger partial charge in [0.05, 0.1) is 22.2 Å². The minimum atomic E-state index is -0.942. The van der Waals surface area contributed by atoms with Crippen LogP contribution in [0.1, 0.15) is 28.1 Å². The summed E-state index contributed by atoms with van der Waals surface area (Å²) in [5, 5.41) is 32.2. The monoisotopic (exact) mass is 622 g/mol. The third kappa shape index (κ3) is 8.37. The summed E-state index contributed by atoms with van der Waals surface area (Å²) in [7, 11) is 7.20. The molecule has 4 aromatic heterocycles. The number of hydrogen-bond donors (Lipinski definition) is 2. The van der Waals surface area contributed by atoms with E-state index in [2.05, 4.69) is 35.6 Å². The predicted molar refractivity (Wildman–Crippen MR) is 175 cm³/mol. The Labute approximate surface area is 265 Å². The molecule has 0 aliphatic rings. The molecule has 1 amide bonds. The van der Waals surface area contributed by atoms with Crippen LogP contribution in [0.5, 0.6) is 0 Å². The van der Waals surface area contributed by atoms with Gasteiger partial charge in [0.25, 0.3) is 5.91 Å². The van der Waals surface area contributed by atoms with Crippen molar-refractivity contribution in [2.24, 2.45) is 4.99 Å². The zero-order chi connectivity index (χ0) is 32.3. The average Bonchev–Trinajstić information content (AvgIpc) is 3.69. The third-order valence-corrected chi connectivity index (χ3v) is 5.94. The lowest BCUT2D eigenvalue weighted by molar-refractivity contribution is 0.0696. The Balaban J connectivity index is 0.000000205. The Morgan fingerprint density at radius 1 is 0.717 bits per heavy atom. The molecule has 15 heteroatoms. The van der Waals surface area contributed by atoms with Gasteiger partial charge in [0.15, 0.2) is 0 Å². The summed E-state index contributed by atoms with van der Waals surface area (Å²) in [6, 6.07) is 21.5. The Morgan fingerprint density at radius 2 is 1.22 bits per heavy atom. The van der Waals surface area contributed by atoms with Gasteiger partial charge < -0.3 is 14.9 Å². The molecule has 0 aliphatic heterocycles. The quantitative estimate of drug-likeness (QED) is 0.212. The maximum absolute atomic E-state index is 12.3. The highest BCUT2D eigenvalue weighted by atomic mass is 16.4. The summed E-state index contributed by atoms with van der Waals surface area (Å²) < 4.78 is 3.05. The molecule has 0 aliphatic carbocycles. The second-order valence-corrected chi connectivity index (χ2v) is 9.60. The van der Waals surface area contributed by atoms with E-state index < -0.39 is 5.97 Å². The maximum Gasteiger partial charge on any atom is 0.337 e. The second-order valence-electron chi connectivity index (χ2n) is 9.60. The maximum atomic E-state index is 12.3. The van der Waals surface area contributed by atoms with E-state index in [4.69, 9.17) is 10.5 Å². The number of aromatic nitrogens is 8. The molecule has 4 heterocycles. The molecule has 6 aromatic rings. The number of benzene rings is 2. The molecule has 6 rings (SSSR count). The van der Waals surface area contributed by atoms with E-state index in [0.29, 0.717) is 17.5 Å². The van der Waals surface area contributed by atoms with Crippen LogP contribution in [-0.2, 0) is 0 Å². The lowest BCUT2D eigenvalue weighted by Gasteiger charge is -2.15. The smallest absolute Gasteiger partial charge is 0.337 e. The Hall–Kier alpha value is -6.38. The first kappa shape index (κ1) is 34.1. The first-order valence-electron chi connectivity index (χ1n) is 13.4. The number of fused-ring (bicyclic) bond motifs is 2. The van der Waals surface area contributed by atoms with Crippen LogP contribution in [0.4, 0.5) is 0 Å². The van der Waals surface area contributed by atoms with E-state index in [9.17, 15) is 9.59 Å². The van der Waals surface area contributed by atoms with Crippen LogP contribution in [-0.4, -0.2) is 107 Å². The number of amides is 1. The lowest BCUT2D eigenvalue weighted by atomic mass is 10.3. The molecule has 0 fully saturated rings. The second kappa shape index (κ2) is 15.9. The predicted octanol–water partition coefficient (Wildman–Crippen LogP) is 3.62. The van der Waals surface area contributed by atoms with Crippen molar-refractivity contribution in [3.63, 3.8) is 0 Å². The number of carboxylic acids is 1. The van der Waals surface area contributed by atoms with Crippen LogP contribution in [0.2, 0.25) is 0 Å². The van der Waals surface area contributed by atoms with Gasteiger partial charge in [-0.1, -0.05) is 42.1 Å². The first-order chi connectivity index (χ1) is 21.7. The van der Waals surface area contributed by atoms with Gasteiger partial charge in [0, 0.05) is 53.0 Å². The zero-order valence-corrected chi connectivity index (χ0v) is 24.9. The summed E-state index contributed by atoms with van der Waals surface area (Å²) in [5.74, 6) is -0.624. The number of carboxylic acid groups (broad SMARTS) is 1. The van der Waals surface area contributed by atoms with E-state index in [0.717, 1.165) is 22.1 Å². The molecule has 0 bridgehead atoms. The molecular formula is C31H34N12O3. The van der Waals surface area contributed by atoms with Crippen molar-refractivity contribution < 1.29 is 14.7 Å². The highest BCUT2D eigenvalue weighted by Crippen LogP contribution is 2.11. The molecule has 15 nitrogen and oxygen atoms in total. The van der Waals surface area contributed by atoms with E-state index >= 15 is 0 Å². The number of aliphatic imine (C=N–C) groups is 1.